The molecule has 2 aliphatic rings. The Morgan fingerprint density at radius 2 is 1.83 bits per heavy atom. The first-order chi connectivity index (χ1) is 14.2. The molecule has 2 saturated heterocycles. The first kappa shape index (κ1) is 24.7. The van der Waals surface area contributed by atoms with Crippen molar-refractivity contribution in [3.8, 4) is 0 Å². The summed E-state index contributed by atoms with van der Waals surface area (Å²) in [5.74, 6) is 2.64. The van der Waals surface area contributed by atoms with Gasteiger partial charge in [0, 0.05) is 59.4 Å². The van der Waals surface area contributed by atoms with Crippen LogP contribution in [0.3, 0.4) is 0 Å². The van der Waals surface area contributed by atoms with Gasteiger partial charge in [0.2, 0.25) is 5.91 Å². The van der Waals surface area contributed by atoms with Crippen molar-refractivity contribution in [1.29, 1.82) is 0 Å². The Balaban J connectivity index is 0.00000320. The lowest BCUT2D eigenvalue weighted by Gasteiger charge is -2.34. The maximum Gasteiger partial charge on any atom is 0.220 e. The third kappa shape index (κ3) is 7.28. The van der Waals surface area contributed by atoms with Gasteiger partial charge in [0.25, 0.3) is 0 Å². The lowest BCUT2D eigenvalue weighted by Crippen LogP contribution is -2.45. The van der Waals surface area contributed by atoms with E-state index in [0.29, 0.717) is 12.3 Å². The summed E-state index contributed by atoms with van der Waals surface area (Å²) >= 11 is 0. The molecule has 30 heavy (non-hydrogen) atoms. The fraction of sp³-hybridized carbons (Fsp3) is 0.682. The number of nitrogens with one attached hydrogen (secondary N) is 2. The van der Waals surface area contributed by atoms with E-state index >= 15 is 0 Å². The molecule has 2 fully saturated rings. The van der Waals surface area contributed by atoms with Crippen LogP contribution in [-0.4, -0.2) is 62.0 Å². The Hall–Kier alpha value is -1.58. The van der Waals surface area contributed by atoms with Gasteiger partial charge in [0.1, 0.15) is 5.82 Å². The zero-order valence-electron chi connectivity index (χ0n) is 18.4. The number of likely N-dealkylation sites (tertiary alicyclic amines) is 1. The van der Waals surface area contributed by atoms with Gasteiger partial charge in [-0.3, -0.25) is 9.79 Å². The quantitative estimate of drug-likeness (QED) is 0.350. The molecule has 3 rings (SSSR count). The van der Waals surface area contributed by atoms with Crippen LogP contribution in [0.4, 0.5) is 5.82 Å². The number of hydrogen-bond acceptors (Lipinski definition) is 4. The molecule has 8 heteroatoms. The van der Waals surface area contributed by atoms with Crippen LogP contribution < -0.4 is 15.5 Å². The first-order valence-electron chi connectivity index (χ1n) is 11.1. The van der Waals surface area contributed by atoms with E-state index in [1.54, 1.807) is 7.05 Å². The minimum Gasteiger partial charge on any atom is -0.359 e. The zero-order valence-corrected chi connectivity index (χ0v) is 20.7. The molecule has 0 aliphatic carbocycles. The second kappa shape index (κ2) is 13.0. The van der Waals surface area contributed by atoms with E-state index < -0.39 is 0 Å². The summed E-state index contributed by atoms with van der Waals surface area (Å²) in [7, 11) is 3.54. The van der Waals surface area contributed by atoms with Crippen LogP contribution in [0.15, 0.2) is 23.3 Å². The molecule has 3 heterocycles. The van der Waals surface area contributed by atoms with Crippen LogP contribution in [0, 0.1) is 5.92 Å². The molecule has 7 nitrogen and oxygen atoms in total. The number of guanidine groups is 1. The number of anilines is 1. The number of aliphatic imine (C=N–C) groups is 1. The van der Waals surface area contributed by atoms with Crippen LogP contribution in [0.1, 0.15) is 50.5 Å². The highest BCUT2D eigenvalue weighted by atomic mass is 127. The van der Waals surface area contributed by atoms with E-state index in [9.17, 15) is 4.79 Å². The SMILES string of the molecule is CN=C(NCc1ccc(N2CCCCCC2)nc1)N1CCC(CC(=O)NC)CC1.I. The smallest absolute Gasteiger partial charge is 0.220 e. The van der Waals surface area contributed by atoms with Gasteiger partial charge < -0.3 is 20.4 Å². The number of nitrogens with zero attached hydrogens (tertiary/aromatic N) is 4. The number of hydrogen-bond donors (Lipinski definition) is 2. The molecular weight excluding hydrogens is 491 g/mol. The Morgan fingerprint density at radius 3 is 2.40 bits per heavy atom. The number of carbonyl (C=O) groups is 1. The predicted octanol–water partition coefficient (Wildman–Crippen LogP) is 3.00. The summed E-state index contributed by atoms with van der Waals surface area (Å²) < 4.78 is 0. The van der Waals surface area contributed by atoms with Gasteiger partial charge in [-0.25, -0.2) is 4.98 Å². The summed E-state index contributed by atoms with van der Waals surface area (Å²) in [6.45, 7) is 4.83. The molecule has 0 bridgehead atoms. The standard InChI is InChI=1S/C22H36N6O.HI/c1-23-21(29)15-18-9-13-28(14-10-18)22(24-2)26-17-19-7-8-20(25-16-19)27-11-5-3-4-6-12-27;/h7-8,16,18H,3-6,9-15,17H2,1-2H3,(H,23,29)(H,24,26);1H. The molecular formula is C22H37IN6O. The highest BCUT2D eigenvalue weighted by molar-refractivity contribution is 14.0. The van der Waals surface area contributed by atoms with Crippen molar-refractivity contribution in [2.75, 3.05) is 45.2 Å². The third-order valence-electron chi connectivity index (χ3n) is 6.07. The topological polar surface area (TPSA) is 72.9 Å². The number of amides is 1. The average molecular weight is 528 g/mol. The number of pyridine rings is 1. The number of rotatable bonds is 5. The van der Waals surface area contributed by atoms with Gasteiger partial charge in [-0.1, -0.05) is 18.9 Å². The average Bonchev–Trinajstić information content (AvgIpc) is 3.05. The molecule has 0 radical (unpaired) electrons. The van der Waals surface area contributed by atoms with E-state index in [4.69, 9.17) is 4.98 Å². The van der Waals surface area contributed by atoms with E-state index in [2.05, 4.69) is 37.6 Å². The largest absolute Gasteiger partial charge is 0.359 e. The summed E-state index contributed by atoms with van der Waals surface area (Å²) in [5.41, 5.74) is 1.17. The summed E-state index contributed by atoms with van der Waals surface area (Å²) in [6, 6.07) is 4.32. The second-order valence-corrected chi connectivity index (χ2v) is 8.13. The zero-order chi connectivity index (χ0) is 20.5. The van der Waals surface area contributed by atoms with Gasteiger partial charge >= 0.3 is 0 Å². The molecule has 2 N–H and O–H groups in total. The van der Waals surface area contributed by atoms with E-state index in [-0.39, 0.29) is 29.9 Å². The third-order valence-corrected chi connectivity index (χ3v) is 6.07. The summed E-state index contributed by atoms with van der Waals surface area (Å²) in [4.78, 5) is 25.4. The maximum atomic E-state index is 11.6. The van der Waals surface area contributed by atoms with Crippen molar-refractivity contribution >= 4 is 41.7 Å². The Labute approximate surface area is 198 Å². The molecule has 0 atom stereocenters. The fourth-order valence-corrected chi connectivity index (χ4v) is 4.23. The maximum absolute atomic E-state index is 11.6. The Bertz CT molecular complexity index is 665. The number of piperidine rings is 1. The minimum atomic E-state index is 0. The number of halogens is 1. The Kier molecular flexibility index (Phi) is 10.7. The summed E-state index contributed by atoms with van der Waals surface area (Å²) in [6.07, 6.45) is 9.87. The van der Waals surface area contributed by atoms with Gasteiger partial charge in [-0.15, -0.1) is 24.0 Å². The molecule has 0 spiro atoms. The lowest BCUT2D eigenvalue weighted by molar-refractivity contribution is -0.121. The van der Waals surface area contributed by atoms with E-state index in [1.807, 2.05) is 13.2 Å². The molecule has 1 aromatic rings. The summed E-state index contributed by atoms with van der Waals surface area (Å²) in [5, 5.41) is 6.20. The minimum absolute atomic E-state index is 0. The van der Waals surface area contributed by atoms with Gasteiger partial charge in [-0.05, 0) is 43.2 Å². The van der Waals surface area contributed by atoms with Crippen molar-refractivity contribution in [3.63, 3.8) is 0 Å². The molecule has 0 saturated carbocycles. The normalized spacial score (nSPS) is 18.4. The van der Waals surface area contributed by atoms with Crippen molar-refractivity contribution in [2.45, 2.75) is 51.5 Å². The highest BCUT2D eigenvalue weighted by Gasteiger charge is 2.23. The molecule has 168 valence electrons. The molecule has 0 aromatic carbocycles. The highest BCUT2D eigenvalue weighted by Crippen LogP contribution is 2.21. The van der Waals surface area contributed by atoms with Crippen molar-refractivity contribution in [3.05, 3.63) is 23.9 Å². The Morgan fingerprint density at radius 1 is 1.13 bits per heavy atom. The number of carbonyl (C=O) groups excluding carboxylic acids is 1. The first-order valence-corrected chi connectivity index (χ1v) is 11.1. The monoisotopic (exact) mass is 528 g/mol. The van der Waals surface area contributed by atoms with Gasteiger partial charge in [-0.2, -0.15) is 0 Å². The van der Waals surface area contributed by atoms with Crippen molar-refractivity contribution in [1.82, 2.24) is 20.5 Å². The van der Waals surface area contributed by atoms with E-state index in [1.165, 1.54) is 31.2 Å². The van der Waals surface area contributed by atoms with Crippen LogP contribution in [0.2, 0.25) is 0 Å². The van der Waals surface area contributed by atoms with E-state index in [0.717, 1.165) is 57.3 Å². The van der Waals surface area contributed by atoms with Crippen molar-refractivity contribution in [2.24, 2.45) is 10.9 Å². The van der Waals surface area contributed by atoms with Crippen molar-refractivity contribution < 1.29 is 4.79 Å². The van der Waals surface area contributed by atoms with Crippen LogP contribution in [-0.2, 0) is 11.3 Å². The molecule has 2 aliphatic heterocycles. The molecule has 0 unspecified atom stereocenters. The molecule has 1 aromatic heterocycles. The van der Waals surface area contributed by atoms with Crippen LogP contribution in [0.25, 0.3) is 0 Å². The van der Waals surface area contributed by atoms with Gasteiger partial charge in [0.05, 0.1) is 0 Å². The lowest BCUT2D eigenvalue weighted by atomic mass is 9.93. The molecule has 1 amide bonds. The van der Waals surface area contributed by atoms with Crippen LogP contribution >= 0.6 is 24.0 Å². The number of aromatic nitrogens is 1. The van der Waals surface area contributed by atoms with Gasteiger partial charge in [0.15, 0.2) is 5.96 Å². The van der Waals surface area contributed by atoms with Crippen LogP contribution in [0.5, 0.6) is 0 Å². The predicted molar refractivity (Wildman–Crippen MR) is 134 cm³/mol. The second-order valence-electron chi connectivity index (χ2n) is 8.13. The fourth-order valence-electron chi connectivity index (χ4n) is 4.23.